The van der Waals surface area contributed by atoms with Gasteiger partial charge in [-0.15, -0.1) is 0 Å². The summed E-state index contributed by atoms with van der Waals surface area (Å²) in [5.41, 5.74) is 3.29. The number of hydrogen-bond donors (Lipinski definition) is 1. The summed E-state index contributed by atoms with van der Waals surface area (Å²) in [7, 11) is 0. The zero-order valence-corrected chi connectivity index (χ0v) is 12.0. The minimum absolute atomic E-state index is 0.877. The zero-order valence-electron chi connectivity index (χ0n) is 12.0. The molecule has 0 atom stereocenters. The van der Waals surface area contributed by atoms with Gasteiger partial charge in [-0.2, -0.15) is 0 Å². The lowest BCUT2D eigenvalue weighted by atomic mass is 10.2. The number of rotatable bonds is 5. The van der Waals surface area contributed by atoms with Gasteiger partial charge in [-0.3, -0.25) is 4.98 Å². The predicted molar refractivity (Wildman–Crippen MR) is 84.6 cm³/mol. The largest absolute Gasteiger partial charge is 0.326 e. The highest BCUT2D eigenvalue weighted by atomic mass is 15.2. The number of aromatic nitrogens is 3. The van der Waals surface area contributed by atoms with Crippen LogP contribution in [0.4, 0.5) is 11.6 Å². The summed E-state index contributed by atoms with van der Waals surface area (Å²) in [6, 6.07) is 14.2. The van der Waals surface area contributed by atoms with Crippen molar-refractivity contribution in [2.45, 2.75) is 19.9 Å². The van der Waals surface area contributed by atoms with Crippen molar-refractivity contribution in [3.63, 3.8) is 0 Å². The van der Waals surface area contributed by atoms with Crippen LogP contribution in [0.1, 0.15) is 11.3 Å². The van der Waals surface area contributed by atoms with E-state index in [2.05, 4.69) is 32.1 Å². The molecule has 1 N–H and O–H groups in total. The van der Waals surface area contributed by atoms with Crippen LogP contribution < -0.4 is 5.32 Å². The molecule has 0 unspecified atom stereocenters. The third-order valence-electron chi connectivity index (χ3n) is 3.29. The van der Waals surface area contributed by atoms with Gasteiger partial charge in [0.25, 0.3) is 0 Å². The number of benzene rings is 1. The monoisotopic (exact) mass is 278 g/mol. The van der Waals surface area contributed by atoms with Crippen LogP contribution in [0, 0.1) is 6.92 Å². The van der Waals surface area contributed by atoms with Crippen molar-refractivity contribution in [3.8, 4) is 0 Å². The molecule has 106 valence electrons. The lowest BCUT2D eigenvalue weighted by Crippen LogP contribution is -2.05. The van der Waals surface area contributed by atoms with Crippen molar-refractivity contribution in [1.82, 2.24) is 14.5 Å². The van der Waals surface area contributed by atoms with E-state index < -0.39 is 0 Å². The van der Waals surface area contributed by atoms with Crippen molar-refractivity contribution in [2.24, 2.45) is 0 Å². The smallest absolute Gasteiger partial charge is 0.207 e. The SMILES string of the molecule is Cc1cn(CCc2cccnc2)c(Nc2ccccc2)n1. The average molecular weight is 278 g/mol. The Morgan fingerprint density at radius 2 is 1.95 bits per heavy atom. The fraction of sp³-hybridized carbons (Fsp3) is 0.176. The number of para-hydroxylation sites is 1. The first-order valence-corrected chi connectivity index (χ1v) is 7.06. The Labute approximate surface area is 124 Å². The Morgan fingerprint density at radius 3 is 2.71 bits per heavy atom. The van der Waals surface area contributed by atoms with Crippen LogP contribution in [0.5, 0.6) is 0 Å². The molecule has 0 saturated carbocycles. The van der Waals surface area contributed by atoms with E-state index in [9.17, 15) is 0 Å². The van der Waals surface area contributed by atoms with Crippen molar-refractivity contribution < 1.29 is 0 Å². The summed E-state index contributed by atoms with van der Waals surface area (Å²) >= 11 is 0. The summed E-state index contributed by atoms with van der Waals surface area (Å²) in [6.45, 7) is 2.89. The lowest BCUT2D eigenvalue weighted by molar-refractivity contribution is 0.702. The zero-order chi connectivity index (χ0) is 14.5. The molecule has 0 aliphatic carbocycles. The van der Waals surface area contributed by atoms with Gasteiger partial charge >= 0.3 is 0 Å². The van der Waals surface area contributed by atoms with Crippen LogP contribution in [0.15, 0.2) is 61.1 Å². The molecule has 0 saturated heterocycles. The second-order valence-corrected chi connectivity index (χ2v) is 5.00. The molecule has 3 aromatic rings. The Hall–Kier alpha value is -2.62. The van der Waals surface area contributed by atoms with Gasteiger partial charge in [0.05, 0.1) is 5.69 Å². The number of nitrogens with one attached hydrogen (secondary N) is 1. The van der Waals surface area contributed by atoms with Crippen LogP contribution >= 0.6 is 0 Å². The van der Waals surface area contributed by atoms with Gasteiger partial charge in [-0.25, -0.2) is 4.98 Å². The summed E-state index contributed by atoms with van der Waals surface area (Å²) in [5.74, 6) is 0.877. The first-order chi connectivity index (χ1) is 10.3. The topological polar surface area (TPSA) is 42.7 Å². The molecule has 2 aromatic heterocycles. The highest BCUT2D eigenvalue weighted by Gasteiger charge is 2.06. The number of anilines is 2. The first kappa shape index (κ1) is 13.4. The van der Waals surface area contributed by atoms with E-state index in [4.69, 9.17) is 0 Å². The van der Waals surface area contributed by atoms with Crippen LogP contribution in [-0.2, 0) is 13.0 Å². The fourth-order valence-corrected chi connectivity index (χ4v) is 2.26. The molecule has 21 heavy (non-hydrogen) atoms. The maximum Gasteiger partial charge on any atom is 0.207 e. The Morgan fingerprint density at radius 1 is 1.10 bits per heavy atom. The number of imidazole rings is 1. The standard InChI is InChI=1S/C17H18N4/c1-14-13-21(11-9-15-6-5-10-18-12-15)17(19-14)20-16-7-3-2-4-8-16/h2-8,10,12-13H,9,11H2,1H3,(H,19,20). The van der Waals surface area contributed by atoms with Gasteiger partial charge in [0.2, 0.25) is 5.95 Å². The Kier molecular flexibility index (Phi) is 3.96. The van der Waals surface area contributed by atoms with E-state index in [1.165, 1.54) is 5.56 Å². The number of pyridine rings is 1. The predicted octanol–water partition coefficient (Wildman–Crippen LogP) is 3.57. The molecular weight excluding hydrogens is 260 g/mol. The molecule has 4 nitrogen and oxygen atoms in total. The number of nitrogens with zero attached hydrogens (tertiary/aromatic N) is 3. The summed E-state index contributed by atoms with van der Waals surface area (Å²) in [6.07, 6.45) is 6.72. The van der Waals surface area contributed by atoms with Crippen molar-refractivity contribution >= 4 is 11.6 Å². The molecule has 0 aliphatic rings. The molecular formula is C17H18N4. The van der Waals surface area contributed by atoms with Crippen LogP contribution in [0.2, 0.25) is 0 Å². The lowest BCUT2D eigenvalue weighted by Gasteiger charge is -2.09. The fourth-order valence-electron chi connectivity index (χ4n) is 2.26. The third kappa shape index (κ3) is 3.48. The summed E-state index contributed by atoms with van der Waals surface area (Å²) < 4.78 is 2.15. The first-order valence-electron chi connectivity index (χ1n) is 7.06. The second kappa shape index (κ2) is 6.22. The molecule has 2 heterocycles. The summed E-state index contributed by atoms with van der Waals surface area (Å²) in [4.78, 5) is 8.71. The number of aryl methyl sites for hydroxylation is 3. The van der Waals surface area contributed by atoms with Gasteiger partial charge in [0, 0.05) is 30.8 Å². The van der Waals surface area contributed by atoms with Gasteiger partial charge in [-0.1, -0.05) is 24.3 Å². The van der Waals surface area contributed by atoms with E-state index in [-0.39, 0.29) is 0 Å². The highest BCUT2D eigenvalue weighted by Crippen LogP contribution is 2.16. The molecule has 4 heteroatoms. The molecule has 1 aromatic carbocycles. The third-order valence-corrected chi connectivity index (χ3v) is 3.29. The van der Waals surface area contributed by atoms with E-state index in [1.54, 1.807) is 6.20 Å². The highest BCUT2D eigenvalue weighted by molar-refractivity contribution is 5.53. The maximum atomic E-state index is 4.55. The Bertz CT molecular complexity index is 689. The van der Waals surface area contributed by atoms with Gasteiger partial charge < -0.3 is 9.88 Å². The van der Waals surface area contributed by atoms with Crippen LogP contribution in [0.3, 0.4) is 0 Å². The average Bonchev–Trinajstić information content (AvgIpc) is 2.87. The van der Waals surface area contributed by atoms with Gasteiger partial charge in [0.1, 0.15) is 0 Å². The van der Waals surface area contributed by atoms with E-state index in [0.717, 1.165) is 30.3 Å². The molecule has 0 radical (unpaired) electrons. The van der Waals surface area contributed by atoms with Crippen molar-refractivity contribution in [1.29, 1.82) is 0 Å². The van der Waals surface area contributed by atoms with Gasteiger partial charge in [-0.05, 0) is 37.1 Å². The normalized spacial score (nSPS) is 10.5. The molecule has 0 aliphatic heterocycles. The molecule has 0 amide bonds. The molecule has 3 rings (SSSR count). The second-order valence-electron chi connectivity index (χ2n) is 5.00. The van der Waals surface area contributed by atoms with Gasteiger partial charge in [0.15, 0.2) is 0 Å². The maximum absolute atomic E-state index is 4.55. The van der Waals surface area contributed by atoms with Crippen LogP contribution in [0.25, 0.3) is 0 Å². The minimum Gasteiger partial charge on any atom is -0.326 e. The quantitative estimate of drug-likeness (QED) is 0.775. The van der Waals surface area contributed by atoms with E-state index in [1.807, 2.05) is 49.5 Å². The van der Waals surface area contributed by atoms with Crippen molar-refractivity contribution in [2.75, 3.05) is 5.32 Å². The molecule has 0 spiro atoms. The van der Waals surface area contributed by atoms with Crippen molar-refractivity contribution in [3.05, 3.63) is 72.3 Å². The summed E-state index contributed by atoms with van der Waals surface area (Å²) in [5, 5.41) is 3.37. The van der Waals surface area contributed by atoms with E-state index >= 15 is 0 Å². The number of hydrogen-bond acceptors (Lipinski definition) is 3. The van der Waals surface area contributed by atoms with E-state index in [0.29, 0.717) is 0 Å². The minimum atomic E-state index is 0.877. The van der Waals surface area contributed by atoms with Crippen LogP contribution in [-0.4, -0.2) is 14.5 Å². The molecule has 0 fully saturated rings. The Balaban J connectivity index is 1.73. The molecule has 0 bridgehead atoms.